The van der Waals surface area contributed by atoms with E-state index in [4.69, 9.17) is 9.84 Å². The van der Waals surface area contributed by atoms with Crippen molar-refractivity contribution in [2.24, 2.45) is 0 Å². The molecular formula is C11H18FNO4. The summed E-state index contributed by atoms with van der Waals surface area (Å²) in [5.74, 6) is -1.12. The third kappa shape index (κ3) is 3.87. The first kappa shape index (κ1) is 13.7. The van der Waals surface area contributed by atoms with Gasteiger partial charge in [0.1, 0.15) is 17.8 Å². The number of carboxylic acid groups (broad SMARTS) is 1. The largest absolute Gasteiger partial charge is 0.480 e. The Balaban J connectivity index is 2.75. The molecule has 1 unspecified atom stereocenters. The van der Waals surface area contributed by atoms with Gasteiger partial charge in [-0.2, -0.15) is 0 Å². The first-order valence-electron chi connectivity index (χ1n) is 5.57. The number of hydrogen-bond acceptors (Lipinski definition) is 3. The molecule has 1 aliphatic rings. The maximum absolute atomic E-state index is 13.2. The van der Waals surface area contributed by atoms with E-state index in [2.05, 4.69) is 0 Å². The lowest BCUT2D eigenvalue weighted by molar-refractivity contribution is -0.145. The van der Waals surface area contributed by atoms with Crippen molar-refractivity contribution < 1.29 is 23.8 Å². The van der Waals surface area contributed by atoms with Gasteiger partial charge in [-0.1, -0.05) is 0 Å². The van der Waals surface area contributed by atoms with Crippen LogP contribution in [0.5, 0.6) is 0 Å². The molecule has 5 nitrogen and oxygen atoms in total. The minimum absolute atomic E-state index is 0.121. The maximum Gasteiger partial charge on any atom is 0.411 e. The molecule has 2 atom stereocenters. The second-order valence-corrected chi connectivity index (χ2v) is 5.16. The summed E-state index contributed by atoms with van der Waals surface area (Å²) in [5.41, 5.74) is -0.719. The van der Waals surface area contributed by atoms with Crippen molar-refractivity contribution in [3.8, 4) is 0 Å². The van der Waals surface area contributed by atoms with E-state index in [1.165, 1.54) is 0 Å². The third-order valence-corrected chi connectivity index (χ3v) is 2.44. The molecule has 0 saturated carbocycles. The number of carboxylic acids is 1. The molecule has 0 aromatic heterocycles. The molecule has 17 heavy (non-hydrogen) atoms. The average molecular weight is 247 g/mol. The van der Waals surface area contributed by atoms with E-state index in [0.29, 0.717) is 0 Å². The Kier molecular flexibility index (Phi) is 3.95. The number of aliphatic carboxylic acids is 1. The summed E-state index contributed by atoms with van der Waals surface area (Å²) in [6, 6.07) is -0.989. The van der Waals surface area contributed by atoms with Gasteiger partial charge in [-0.25, -0.2) is 14.0 Å². The minimum atomic E-state index is -1.18. The Morgan fingerprint density at radius 1 is 1.35 bits per heavy atom. The number of hydrogen-bond donors (Lipinski definition) is 1. The standard InChI is InChI=1S/C11H18FNO4/c1-11(2,3)17-10(16)13-6-7(12)4-5-8(13)9(14)15/h7-8H,4-6H2,1-3H3,(H,14,15)/t7-,8?/m1/s1. The van der Waals surface area contributed by atoms with Gasteiger partial charge in [0.25, 0.3) is 0 Å². The van der Waals surface area contributed by atoms with E-state index in [1.807, 2.05) is 0 Å². The smallest absolute Gasteiger partial charge is 0.411 e. The molecule has 1 fully saturated rings. The lowest BCUT2D eigenvalue weighted by Crippen LogP contribution is -2.52. The summed E-state index contributed by atoms with van der Waals surface area (Å²) < 4.78 is 18.3. The Labute approximate surface area is 99.5 Å². The van der Waals surface area contributed by atoms with E-state index in [-0.39, 0.29) is 19.4 Å². The van der Waals surface area contributed by atoms with Crippen molar-refractivity contribution in [3.63, 3.8) is 0 Å². The van der Waals surface area contributed by atoms with Crippen molar-refractivity contribution in [2.45, 2.75) is 51.4 Å². The maximum atomic E-state index is 13.2. The molecule has 1 rings (SSSR count). The molecule has 0 aromatic rings. The molecule has 6 heteroatoms. The first-order valence-corrected chi connectivity index (χ1v) is 5.57. The molecule has 0 radical (unpaired) electrons. The van der Waals surface area contributed by atoms with Crippen LogP contribution in [0.1, 0.15) is 33.6 Å². The van der Waals surface area contributed by atoms with Gasteiger partial charge in [0.05, 0.1) is 6.54 Å². The molecule has 1 aliphatic heterocycles. The van der Waals surface area contributed by atoms with Crippen LogP contribution in [-0.4, -0.2) is 46.4 Å². The van der Waals surface area contributed by atoms with Crippen LogP contribution in [-0.2, 0) is 9.53 Å². The summed E-state index contributed by atoms with van der Waals surface area (Å²) in [4.78, 5) is 23.7. The molecule has 0 spiro atoms. The lowest BCUT2D eigenvalue weighted by Gasteiger charge is -2.35. The average Bonchev–Trinajstić information content (AvgIpc) is 2.14. The van der Waals surface area contributed by atoms with Gasteiger partial charge in [0, 0.05) is 0 Å². The van der Waals surface area contributed by atoms with E-state index in [0.717, 1.165) is 4.90 Å². The highest BCUT2D eigenvalue weighted by molar-refractivity contribution is 5.80. The van der Waals surface area contributed by atoms with Gasteiger partial charge in [0.15, 0.2) is 0 Å². The highest BCUT2D eigenvalue weighted by Gasteiger charge is 2.38. The van der Waals surface area contributed by atoms with Crippen molar-refractivity contribution in [1.29, 1.82) is 0 Å². The topological polar surface area (TPSA) is 66.8 Å². The second kappa shape index (κ2) is 4.89. The number of ether oxygens (including phenoxy) is 1. The Bertz CT molecular complexity index is 313. The fourth-order valence-corrected chi connectivity index (χ4v) is 1.71. The van der Waals surface area contributed by atoms with Crippen LogP contribution in [0.2, 0.25) is 0 Å². The molecule has 1 amide bonds. The predicted octanol–water partition coefficient (Wildman–Crippen LogP) is 1.81. The van der Waals surface area contributed by atoms with Crippen molar-refractivity contribution >= 4 is 12.1 Å². The summed E-state index contributed by atoms with van der Waals surface area (Å²) in [5, 5.41) is 8.97. The predicted molar refractivity (Wildman–Crippen MR) is 58.5 cm³/mol. The van der Waals surface area contributed by atoms with Crippen LogP contribution in [0.4, 0.5) is 9.18 Å². The highest BCUT2D eigenvalue weighted by atomic mass is 19.1. The number of rotatable bonds is 1. The monoisotopic (exact) mass is 247 g/mol. The fourth-order valence-electron chi connectivity index (χ4n) is 1.71. The number of piperidine rings is 1. The van der Waals surface area contributed by atoms with Gasteiger partial charge >= 0.3 is 12.1 Å². The van der Waals surface area contributed by atoms with Crippen LogP contribution in [0, 0.1) is 0 Å². The van der Waals surface area contributed by atoms with E-state index >= 15 is 0 Å². The van der Waals surface area contributed by atoms with E-state index in [9.17, 15) is 14.0 Å². The molecule has 0 aliphatic carbocycles. The molecule has 0 bridgehead atoms. The van der Waals surface area contributed by atoms with Crippen molar-refractivity contribution in [1.82, 2.24) is 4.90 Å². The van der Waals surface area contributed by atoms with E-state index in [1.54, 1.807) is 20.8 Å². The molecule has 0 aromatic carbocycles. The number of amides is 1. The third-order valence-electron chi connectivity index (χ3n) is 2.44. The normalized spacial score (nSPS) is 25.5. The zero-order chi connectivity index (χ0) is 13.2. The molecule has 98 valence electrons. The molecule has 1 saturated heterocycles. The van der Waals surface area contributed by atoms with Crippen LogP contribution < -0.4 is 0 Å². The Hall–Kier alpha value is -1.33. The van der Waals surface area contributed by atoms with Gasteiger partial charge in [-0.05, 0) is 33.6 Å². The number of likely N-dealkylation sites (tertiary alicyclic amines) is 1. The molecule has 1 N–H and O–H groups in total. The second-order valence-electron chi connectivity index (χ2n) is 5.16. The minimum Gasteiger partial charge on any atom is -0.480 e. The van der Waals surface area contributed by atoms with Crippen LogP contribution in [0.25, 0.3) is 0 Å². The van der Waals surface area contributed by atoms with E-state index < -0.39 is 29.9 Å². The summed E-state index contributed by atoms with van der Waals surface area (Å²) >= 11 is 0. The Morgan fingerprint density at radius 3 is 2.41 bits per heavy atom. The zero-order valence-corrected chi connectivity index (χ0v) is 10.3. The molecule has 1 heterocycles. The van der Waals surface area contributed by atoms with Crippen LogP contribution in [0.3, 0.4) is 0 Å². The number of halogens is 1. The number of carbonyl (C=O) groups excluding carboxylic acids is 1. The van der Waals surface area contributed by atoms with Gasteiger partial charge < -0.3 is 9.84 Å². The van der Waals surface area contributed by atoms with Crippen molar-refractivity contribution in [2.75, 3.05) is 6.54 Å². The zero-order valence-electron chi connectivity index (χ0n) is 10.3. The first-order chi connectivity index (χ1) is 7.70. The number of nitrogens with zero attached hydrogens (tertiary/aromatic N) is 1. The highest BCUT2D eigenvalue weighted by Crippen LogP contribution is 2.22. The summed E-state index contributed by atoms with van der Waals surface area (Å²) in [6.07, 6.45) is -1.67. The number of alkyl halides is 1. The van der Waals surface area contributed by atoms with Gasteiger partial charge in [-0.3, -0.25) is 4.90 Å². The van der Waals surface area contributed by atoms with Crippen LogP contribution in [0.15, 0.2) is 0 Å². The van der Waals surface area contributed by atoms with Crippen LogP contribution >= 0.6 is 0 Å². The Morgan fingerprint density at radius 2 is 1.94 bits per heavy atom. The fraction of sp³-hybridized carbons (Fsp3) is 0.818. The number of carbonyl (C=O) groups is 2. The summed E-state index contributed by atoms with van der Waals surface area (Å²) in [7, 11) is 0. The lowest BCUT2D eigenvalue weighted by atomic mass is 10.0. The quantitative estimate of drug-likeness (QED) is 0.767. The summed E-state index contributed by atoms with van der Waals surface area (Å²) in [6.45, 7) is 4.82. The van der Waals surface area contributed by atoms with Gasteiger partial charge in [0.2, 0.25) is 0 Å². The van der Waals surface area contributed by atoms with Crippen molar-refractivity contribution in [3.05, 3.63) is 0 Å². The van der Waals surface area contributed by atoms with Gasteiger partial charge in [-0.15, -0.1) is 0 Å². The SMILES string of the molecule is CC(C)(C)OC(=O)N1C[C@H](F)CCC1C(=O)O. The molecular weight excluding hydrogens is 229 g/mol.